The normalized spacial score (nSPS) is 45.7. The topological polar surface area (TPSA) is 60.6 Å². The second kappa shape index (κ2) is 3.01. The highest BCUT2D eigenvalue weighted by Gasteiger charge is 2.50. The van der Waals surface area contributed by atoms with Crippen molar-refractivity contribution in [3.05, 3.63) is 0 Å². The first-order valence-corrected chi connectivity index (χ1v) is 4.88. The summed E-state index contributed by atoms with van der Waals surface area (Å²) in [4.78, 5) is 0. The van der Waals surface area contributed by atoms with E-state index in [0.29, 0.717) is 0 Å². The molecule has 0 bridgehead atoms. The highest BCUT2D eigenvalue weighted by Crippen LogP contribution is 2.40. The summed E-state index contributed by atoms with van der Waals surface area (Å²) in [5.41, 5.74) is 0. The zero-order chi connectivity index (χ0) is 8.72. The number of ether oxygens (including phenoxy) is 2. The molecule has 2 heterocycles. The summed E-state index contributed by atoms with van der Waals surface area (Å²) in [6.07, 6.45) is -0.652. The molecule has 5 nitrogen and oxygen atoms in total. The van der Waals surface area contributed by atoms with E-state index in [-0.39, 0.29) is 24.8 Å². The van der Waals surface area contributed by atoms with Gasteiger partial charge in [-0.25, -0.2) is 0 Å². The molecule has 0 saturated carbocycles. The second-order valence-corrected chi connectivity index (χ2v) is 3.72. The second-order valence-electron chi connectivity index (χ2n) is 2.85. The minimum atomic E-state index is -2.09. The Kier molecular flexibility index (Phi) is 2.14. The van der Waals surface area contributed by atoms with Crippen LogP contribution in [0.4, 0.5) is 0 Å². The van der Waals surface area contributed by atoms with Gasteiger partial charge >= 0.3 is 8.25 Å². The highest BCUT2D eigenvalue weighted by atomic mass is 31.1. The molecule has 0 N–H and O–H groups in total. The van der Waals surface area contributed by atoms with Gasteiger partial charge in [-0.3, -0.25) is 0 Å². The van der Waals surface area contributed by atoms with Crippen LogP contribution in [0.3, 0.4) is 0 Å². The van der Waals surface area contributed by atoms with Crippen molar-refractivity contribution in [2.75, 3.05) is 0 Å². The Morgan fingerprint density at radius 1 is 1.08 bits per heavy atom. The maximum absolute atomic E-state index is 11.0. The van der Waals surface area contributed by atoms with Gasteiger partial charge in [0.25, 0.3) is 0 Å². The summed E-state index contributed by atoms with van der Waals surface area (Å²) in [5, 5.41) is 0. The van der Waals surface area contributed by atoms with Gasteiger partial charge in [0.05, 0.1) is 0 Å². The molecule has 2 aliphatic rings. The third-order valence-corrected chi connectivity index (χ3v) is 2.45. The molecule has 0 aliphatic carbocycles. The van der Waals surface area contributed by atoms with Gasteiger partial charge in [0, 0.05) is 4.57 Å². The molecule has 2 saturated heterocycles. The number of epoxide rings is 2. The van der Waals surface area contributed by atoms with Gasteiger partial charge in [0.2, 0.25) is 12.6 Å². The Balaban J connectivity index is 1.64. The summed E-state index contributed by atoms with van der Waals surface area (Å²) >= 11 is 0. The lowest BCUT2D eigenvalue weighted by atomic mass is 10.5. The van der Waals surface area contributed by atoms with Crippen LogP contribution >= 0.6 is 8.25 Å². The van der Waals surface area contributed by atoms with Crippen LogP contribution in [0.25, 0.3) is 0 Å². The first-order chi connectivity index (χ1) is 5.66. The predicted octanol–water partition coefficient (Wildman–Crippen LogP) is 1.17. The van der Waals surface area contributed by atoms with Gasteiger partial charge in [-0.1, -0.05) is 9.05 Å². The van der Waals surface area contributed by atoms with Crippen molar-refractivity contribution >= 4 is 8.25 Å². The Bertz CT molecular complexity index is 188. The van der Waals surface area contributed by atoms with Crippen molar-refractivity contribution < 1.29 is 23.1 Å². The van der Waals surface area contributed by atoms with Crippen molar-refractivity contribution in [1.82, 2.24) is 0 Å². The quantitative estimate of drug-likeness (QED) is 0.495. The van der Waals surface area contributed by atoms with E-state index in [2.05, 4.69) is 0 Å². The van der Waals surface area contributed by atoms with E-state index >= 15 is 0 Å². The minimum absolute atomic E-state index is 0.0325. The molecule has 0 aromatic heterocycles. The highest BCUT2D eigenvalue weighted by molar-refractivity contribution is 7.33. The van der Waals surface area contributed by atoms with Crippen LogP contribution in [0.2, 0.25) is 0 Å². The first kappa shape index (κ1) is 8.53. The van der Waals surface area contributed by atoms with Crippen molar-refractivity contribution in [3.63, 3.8) is 0 Å². The van der Waals surface area contributed by atoms with E-state index in [1.807, 2.05) is 13.8 Å². The molecule has 68 valence electrons. The van der Waals surface area contributed by atoms with Crippen molar-refractivity contribution in [1.29, 1.82) is 0 Å². The molecule has 0 aromatic rings. The van der Waals surface area contributed by atoms with E-state index < -0.39 is 8.25 Å². The average molecular weight is 193 g/mol. The lowest BCUT2D eigenvalue weighted by Gasteiger charge is -1.80. The number of hydrogen-bond donors (Lipinski definition) is 0. The van der Waals surface area contributed by atoms with Crippen LogP contribution in [-0.2, 0) is 23.1 Å². The molecule has 2 fully saturated rings. The molecular formula is C6H10O5P+. The predicted molar refractivity (Wildman–Crippen MR) is 38.4 cm³/mol. The van der Waals surface area contributed by atoms with E-state index in [4.69, 9.17) is 18.5 Å². The fourth-order valence-electron chi connectivity index (χ4n) is 0.748. The molecule has 0 spiro atoms. The molecule has 0 amide bonds. The largest absolute Gasteiger partial charge is 0.703 e. The SMILES string of the molecule is CC1O[C@@H]1O[P+](=O)O[C@H]1OC1C. The summed E-state index contributed by atoms with van der Waals surface area (Å²) in [5.74, 6) is 0. The van der Waals surface area contributed by atoms with Crippen LogP contribution in [-0.4, -0.2) is 24.8 Å². The molecule has 2 aliphatic heterocycles. The van der Waals surface area contributed by atoms with Crippen molar-refractivity contribution in [2.24, 2.45) is 0 Å². The molecule has 6 heteroatoms. The molecule has 12 heavy (non-hydrogen) atoms. The third-order valence-electron chi connectivity index (χ3n) is 1.69. The lowest BCUT2D eigenvalue weighted by Crippen LogP contribution is -1.95. The molecule has 0 radical (unpaired) electrons. The van der Waals surface area contributed by atoms with Gasteiger partial charge in [0.15, 0.2) is 0 Å². The third kappa shape index (κ3) is 2.00. The van der Waals surface area contributed by atoms with Crippen LogP contribution in [0, 0.1) is 0 Å². The van der Waals surface area contributed by atoms with Crippen LogP contribution in [0.15, 0.2) is 0 Å². The first-order valence-electron chi connectivity index (χ1n) is 3.78. The molecular weight excluding hydrogens is 183 g/mol. The van der Waals surface area contributed by atoms with E-state index in [9.17, 15) is 4.57 Å². The monoisotopic (exact) mass is 193 g/mol. The summed E-state index contributed by atoms with van der Waals surface area (Å²) in [6.45, 7) is 3.67. The smallest absolute Gasteiger partial charge is 0.338 e. The van der Waals surface area contributed by atoms with Crippen LogP contribution < -0.4 is 0 Å². The molecule has 2 rings (SSSR count). The van der Waals surface area contributed by atoms with Gasteiger partial charge < -0.3 is 9.47 Å². The van der Waals surface area contributed by atoms with Gasteiger partial charge in [0.1, 0.15) is 12.2 Å². The number of hydrogen-bond acceptors (Lipinski definition) is 5. The maximum Gasteiger partial charge on any atom is 0.703 e. The van der Waals surface area contributed by atoms with Crippen LogP contribution in [0.5, 0.6) is 0 Å². The molecule has 4 atom stereocenters. The zero-order valence-corrected chi connectivity index (χ0v) is 7.69. The van der Waals surface area contributed by atoms with Gasteiger partial charge in [-0.2, -0.15) is 0 Å². The maximum atomic E-state index is 11.0. The Morgan fingerprint density at radius 3 is 1.67 bits per heavy atom. The van der Waals surface area contributed by atoms with Crippen molar-refractivity contribution in [2.45, 2.75) is 38.6 Å². The summed E-state index contributed by atoms with van der Waals surface area (Å²) in [7, 11) is -2.09. The van der Waals surface area contributed by atoms with Gasteiger partial charge in [-0.05, 0) is 13.8 Å². The average Bonchev–Trinajstić information content (AvgIpc) is 2.80. The van der Waals surface area contributed by atoms with Gasteiger partial charge in [-0.15, -0.1) is 0 Å². The summed E-state index contributed by atoms with van der Waals surface area (Å²) in [6, 6.07) is 0. The zero-order valence-electron chi connectivity index (χ0n) is 6.80. The fraction of sp³-hybridized carbons (Fsp3) is 1.00. The fourth-order valence-corrected chi connectivity index (χ4v) is 1.58. The minimum Gasteiger partial charge on any atom is -0.338 e. The van der Waals surface area contributed by atoms with Crippen molar-refractivity contribution in [3.8, 4) is 0 Å². The van der Waals surface area contributed by atoms with Crippen LogP contribution in [0.1, 0.15) is 13.8 Å². The van der Waals surface area contributed by atoms with E-state index in [0.717, 1.165) is 0 Å². The Hall–Kier alpha value is -0.0600. The lowest BCUT2D eigenvalue weighted by molar-refractivity contribution is 0.117. The molecule has 0 aromatic carbocycles. The Labute approximate surface area is 70.9 Å². The van der Waals surface area contributed by atoms with E-state index in [1.54, 1.807) is 0 Å². The standard InChI is InChI=1S/C6H10O5P/c1-3-5(8-3)10-12(7)11-6-4(2)9-6/h3-6H,1-2H3/q+1/t3?,4?,5-,6-/m1/s1. The summed E-state index contributed by atoms with van der Waals surface area (Å²) < 4.78 is 30.5. The number of rotatable bonds is 4. The van der Waals surface area contributed by atoms with E-state index in [1.165, 1.54) is 0 Å². The Morgan fingerprint density at radius 2 is 1.42 bits per heavy atom. The molecule has 2 unspecified atom stereocenters.